The quantitative estimate of drug-likeness (QED) is 0.408. The smallest absolute Gasteiger partial charge is 0.337 e. The zero-order chi connectivity index (χ0) is 24.2. The van der Waals surface area contributed by atoms with Crippen LogP contribution in [0.25, 0.3) is 10.2 Å². The second kappa shape index (κ2) is 9.75. The van der Waals surface area contributed by atoms with Gasteiger partial charge in [0, 0.05) is 11.3 Å². The summed E-state index contributed by atoms with van der Waals surface area (Å²) in [6.45, 7) is -0.289. The zero-order valence-electron chi connectivity index (χ0n) is 18.4. The molecular weight excluding hydrogens is 458 g/mol. The maximum Gasteiger partial charge on any atom is 0.337 e. The number of methoxy groups -OCH3 is 2. The van der Waals surface area contributed by atoms with Crippen molar-refractivity contribution in [1.82, 2.24) is 9.13 Å². The number of fused-ring (bicyclic) bond motifs is 1. The summed E-state index contributed by atoms with van der Waals surface area (Å²) in [5.41, 5.74) is 0.845. The number of benzene rings is 2. The number of nitrogens with zero attached hydrogens (tertiary/aromatic N) is 2. The Kier molecular flexibility index (Phi) is 6.60. The van der Waals surface area contributed by atoms with Gasteiger partial charge in [0.1, 0.15) is 17.0 Å². The third kappa shape index (κ3) is 4.48. The monoisotopic (exact) mass is 479 g/mol. The van der Waals surface area contributed by atoms with Crippen LogP contribution in [0.5, 0.6) is 5.75 Å². The van der Waals surface area contributed by atoms with Gasteiger partial charge in [-0.3, -0.25) is 18.7 Å². The van der Waals surface area contributed by atoms with Crippen LogP contribution in [0.3, 0.4) is 0 Å². The Balaban J connectivity index is 1.65. The van der Waals surface area contributed by atoms with Crippen LogP contribution in [-0.4, -0.2) is 35.2 Å². The van der Waals surface area contributed by atoms with E-state index in [1.807, 2.05) is 0 Å². The van der Waals surface area contributed by atoms with E-state index in [0.717, 1.165) is 4.57 Å². The summed E-state index contributed by atoms with van der Waals surface area (Å²) in [5.74, 6) is -0.385. The van der Waals surface area contributed by atoms with E-state index in [1.165, 1.54) is 42.3 Å². The van der Waals surface area contributed by atoms with Crippen LogP contribution in [0.1, 0.15) is 15.9 Å². The van der Waals surface area contributed by atoms with Crippen LogP contribution in [0.4, 0.5) is 5.69 Å². The number of hydrogen-bond acceptors (Lipinski definition) is 7. The molecule has 0 atom stereocenters. The van der Waals surface area contributed by atoms with Crippen molar-refractivity contribution in [2.75, 3.05) is 19.5 Å². The number of aromatic nitrogens is 2. The van der Waals surface area contributed by atoms with Gasteiger partial charge in [-0.15, -0.1) is 11.3 Å². The Morgan fingerprint density at radius 2 is 1.71 bits per heavy atom. The van der Waals surface area contributed by atoms with E-state index in [0.29, 0.717) is 32.8 Å². The molecule has 4 aromatic rings. The highest BCUT2D eigenvalue weighted by molar-refractivity contribution is 7.17. The fourth-order valence-electron chi connectivity index (χ4n) is 3.58. The fraction of sp³-hybridized carbons (Fsp3) is 0.167. The summed E-state index contributed by atoms with van der Waals surface area (Å²) in [6, 6.07) is 15.0. The summed E-state index contributed by atoms with van der Waals surface area (Å²) in [5, 5.41) is 4.41. The molecule has 9 nitrogen and oxygen atoms in total. The molecule has 0 saturated heterocycles. The number of esters is 1. The molecule has 0 unspecified atom stereocenters. The summed E-state index contributed by atoms with van der Waals surface area (Å²) in [6.07, 6.45) is 0. The molecule has 4 rings (SSSR count). The number of carbonyl (C=O) groups excluding carboxylic acids is 2. The lowest BCUT2D eigenvalue weighted by Crippen LogP contribution is -2.41. The van der Waals surface area contributed by atoms with Gasteiger partial charge >= 0.3 is 11.7 Å². The molecule has 0 spiro atoms. The molecule has 1 N–H and O–H groups in total. The van der Waals surface area contributed by atoms with Gasteiger partial charge in [0.2, 0.25) is 5.91 Å². The second-order valence-electron chi connectivity index (χ2n) is 7.32. The molecule has 2 aromatic heterocycles. The number of carbonyl (C=O) groups is 2. The van der Waals surface area contributed by atoms with Gasteiger partial charge in [0.25, 0.3) is 5.56 Å². The van der Waals surface area contributed by atoms with Crippen molar-refractivity contribution >= 4 is 39.1 Å². The molecule has 0 aliphatic carbocycles. The van der Waals surface area contributed by atoms with Crippen molar-refractivity contribution < 1.29 is 19.1 Å². The zero-order valence-corrected chi connectivity index (χ0v) is 19.3. The van der Waals surface area contributed by atoms with Crippen LogP contribution in [0, 0.1) is 0 Å². The number of nitrogens with one attached hydrogen (secondary N) is 1. The molecule has 0 fully saturated rings. The highest BCUT2D eigenvalue weighted by Crippen LogP contribution is 2.19. The van der Waals surface area contributed by atoms with Crippen molar-refractivity contribution in [3.05, 3.63) is 91.9 Å². The Morgan fingerprint density at radius 3 is 2.41 bits per heavy atom. The average molecular weight is 480 g/mol. The fourth-order valence-corrected chi connectivity index (χ4v) is 4.42. The van der Waals surface area contributed by atoms with Gasteiger partial charge in [-0.1, -0.05) is 18.2 Å². The average Bonchev–Trinajstić information content (AvgIpc) is 3.35. The molecule has 0 aliphatic heterocycles. The Bertz CT molecular complexity index is 1480. The van der Waals surface area contributed by atoms with E-state index in [-0.39, 0.29) is 13.1 Å². The molecular formula is C24H21N3O6S. The van der Waals surface area contributed by atoms with Crippen molar-refractivity contribution in [2.24, 2.45) is 0 Å². The molecule has 0 aliphatic rings. The van der Waals surface area contributed by atoms with E-state index >= 15 is 0 Å². The topological polar surface area (TPSA) is 109 Å². The van der Waals surface area contributed by atoms with E-state index < -0.39 is 23.1 Å². The maximum absolute atomic E-state index is 13.3. The Morgan fingerprint density at radius 1 is 0.971 bits per heavy atom. The minimum absolute atomic E-state index is 0.00608. The maximum atomic E-state index is 13.3. The van der Waals surface area contributed by atoms with Crippen molar-refractivity contribution in [2.45, 2.75) is 13.1 Å². The van der Waals surface area contributed by atoms with E-state index in [2.05, 4.69) is 10.1 Å². The third-order valence-electron chi connectivity index (χ3n) is 5.25. The van der Waals surface area contributed by atoms with E-state index in [1.54, 1.807) is 47.8 Å². The first-order valence-electron chi connectivity index (χ1n) is 10.2. The van der Waals surface area contributed by atoms with Crippen molar-refractivity contribution in [1.29, 1.82) is 0 Å². The number of thiophene rings is 1. The molecule has 2 heterocycles. The number of ether oxygens (including phenoxy) is 2. The molecule has 0 saturated carbocycles. The van der Waals surface area contributed by atoms with Crippen LogP contribution in [-0.2, 0) is 22.6 Å². The van der Waals surface area contributed by atoms with E-state index in [4.69, 9.17) is 4.74 Å². The van der Waals surface area contributed by atoms with Crippen molar-refractivity contribution in [3.63, 3.8) is 0 Å². The second-order valence-corrected chi connectivity index (χ2v) is 8.24. The van der Waals surface area contributed by atoms with Gasteiger partial charge in [-0.25, -0.2) is 9.59 Å². The minimum atomic E-state index is -0.599. The first-order chi connectivity index (χ1) is 16.4. The molecule has 2 aromatic carbocycles. The minimum Gasteiger partial charge on any atom is -0.496 e. The van der Waals surface area contributed by atoms with Gasteiger partial charge in [-0.05, 0) is 41.8 Å². The SMILES string of the molecule is COC(=O)c1ccc(NC(=O)Cn2c(=O)n(Cc3ccccc3OC)c(=O)c3sccc32)cc1. The lowest BCUT2D eigenvalue weighted by molar-refractivity contribution is -0.116. The summed E-state index contributed by atoms with van der Waals surface area (Å²) in [4.78, 5) is 50.7. The number of para-hydroxylation sites is 1. The van der Waals surface area contributed by atoms with Gasteiger partial charge in [0.05, 0.1) is 31.8 Å². The first-order valence-corrected chi connectivity index (χ1v) is 11.1. The third-order valence-corrected chi connectivity index (χ3v) is 6.14. The van der Waals surface area contributed by atoms with Gasteiger partial charge in [-0.2, -0.15) is 0 Å². The van der Waals surface area contributed by atoms with Gasteiger partial charge in [0.15, 0.2) is 0 Å². The van der Waals surface area contributed by atoms with E-state index in [9.17, 15) is 19.2 Å². The highest BCUT2D eigenvalue weighted by Gasteiger charge is 2.18. The Labute approximate surface area is 197 Å². The lowest BCUT2D eigenvalue weighted by Gasteiger charge is -2.14. The molecule has 0 radical (unpaired) electrons. The number of rotatable bonds is 7. The predicted molar refractivity (Wildman–Crippen MR) is 129 cm³/mol. The number of amides is 1. The molecule has 0 bridgehead atoms. The summed E-state index contributed by atoms with van der Waals surface area (Å²) >= 11 is 1.21. The largest absolute Gasteiger partial charge is 0.496 e. The summed E-state index contributed by atoms with van der Waals surface area (Å²) < 4.78 is 12.8. The normalized spacial score (nSPS) is 10.8. The molecule has 34 heavy (non-hydrogen) atoms. The van der Waals surface area contributed by atoms with Crippen LogP contribution < -0.4 is 21.3 Å². The van der Waals surface area contributed by atoms with Crippen LogP contribution >= 0.6 is 11.3 Å². The first kappa shape index (κ1) is 23.0. The summed E-state index contributed by atoms with van der Waals surface area (Å²) in [7, 11) is 2.80. The number of anilines is 1. The number of hydrogen-bond donors (Lipinski definition) is 1. The standard InChI is InChI=1S/C24H21N3O6S/c1-32-19-6-4-3-5-16(19)13-27-22(29)21-18(11-12-34-21)26(24(27)31)14-20(28)25-17-9-7-15(8-10-17)23(30)33-2/h3-12H,13-14H2,1-2H3,(H,25,28). The van der Waals surface area contributed by atoms with Crippen LogP contribution in [0.15, 0.2) is 69.6 Å². The predicted octanol–water partition coefficient (Wildman–Crippen LogP) is 2.71. The molecule has 1 amide bonds. The van der Waals surface area contributed by atoms with Gasteiger partial charge < -0.3 is 14.8 Å². The Hall–Kier alpha value is -4.18. The van der Waals surface area contributed by atoms with Crippen molar-refractivity contribution in [3.8, 4) is 5.75 Å². The molecule has 10 heteroatoms. The molecule has 174 valence electrons. The lowest BCUT2D eigenvalue weighted by atomic mass is 10.2. The van der Waals surface area contributed by atoms with Crippen LogP contribution in [0.2, 0.25) is 0 Å². The highest BCUT2D eigenvalue weighted by atomic mass is 32.1.